The molecular formula is C14H17F2N3. The van der Waals surface area contributed by atoms with Gasteiger partial charge in [-0.3, -0.25) is 4.68 Å². The van der Waals surface area contributed by atoms with Crippen molar-refractivity contribution in [1.82, 2.24) is 15.1 Å². The van der Waals surface area contributed by atoms with Crippen LogP contribution in [-0.2, 0) is 13.5 Å². The van der Waals surface area contributed by atoms with Crippen molar-refractivity contribution in [3.8, 4) is 0 Å². The molecule has 0 aliphatic carbocycles. The number of likely N-dealkylation sites (N-methyl/N-ethyl adjacent to an activating group) is 1. The van der Waals surface area contributed by atoms with E-state index >= 15 is 0 Å². The van der Waals surface area contributed by atoms with Crippen molar-refractivity contribution in [3.05, 3.63) is 53.4 Å². The highest BCUT2D eigenvalue weighted by Crippen LogP contribution is 2.20. The maximum Gasteiger partial charge on any atom is 0.159 e. The number of hydrogen-bond donors (Lipinski definition) is 1. The molecule has 19 heavy (non-hydrogen) atoms. The molecule has 102 valence electrons. The molecule has 1 heterocycles. The maximum atomic E-state index is 13.3. The van der Waals surface area contributed by atoms with Crippen LogP contribution in [-0.4, -0.2) is 16.3 Å². The Balaban J connectivity index is 2.21. The van der Waals surface area contributed by atoms with Gasteiger partial charge in [-0.05, 0) is 36.2 Å². The minimum absolute atomic E-state index is 0.0516. The molecule has 0 saturated heterocycles. The van der Waals surface area contributed by atoms with E-state index in [0.717, 1.165) is 23.7 Å². The molecule has 1 aromatic carbocycles. The van der Waals surface area contributed by atoms with Crippen molar-refractivity contribution in [3.63, 3.8) is 0 Å². The van der Waals surface area contributed by atoms with Crippen molar-refractivity contribution in [2.45, 2.75) is 19.4 Å². The fourth-order valence-corrected chi connectivity index (χ4v) is 2.10. The fraction of sp³-hybridized carbons (Fsp3) is 0.357. The molecule has 2 rings (SSSR count). The first-order chi connectivity index (χ1) is 9.10. The summed E-state index contributed by atoms with van der Waals surface area (Å²) < 4.78 is 28.0. The molecule has 0 spiro atoms. The highest BCUT2D eigenvalue weighted by molar-refractivity contribution is 5.23. The number of halogens is 2. The second kappa shape index (κ2) is 5.93. The van der Waals surface area contributed by atoms with Gasteiger partial charge in [-0.1, -0.05) is 13.0 Å². The van der Waals surface area contributed by atoms with Gasteiger partial charge in [0.05, 0.1) is 6.20 Å². The van der Waals surface area contributed by atoms with Crippen LogP contribution >= 0.6 is 0 Å². The van der Waals surface area contributed by atoms with E-state index in [1.54, 1.807) is 16.9 Å². The average Bonchev–Trinajstić information content (AvgIpc) is 2.78. The summed E-state index contributed by atoms with van der Waals surface area (Å²) in [6, 6.07) is 3.98. The van der Waals surface area contributed by atoms with E-state index < -0.39 is 11.6 Å². The van der Waals surface area contributed by atoms with Crippen LogP contribution in [0, 0.1) is 11.6 Å². The van der Waals surface area contributed by atoms with E-state index in [4.69, 9.17) is 0 Å². The molecule has 1 unspecified atom stereocenters. The monoisotopic (exact) mass is 265 g/mol. The van der Waals surface area contributed by atoms with Crippen LogP contribution < -0.4 is 5.32 Å². The van der Waals surface area contributed by atoms with Gasteiger partial charge < -0.3 is 5.32 Å². The Morgan fingerprint density at radius 3 is 2.68 bits per heavy atom. The molecule has 3 nitrogen and oxygen atoms in total. The number of aryl methyl sites for hydroxylation is 1. The summed E-state index contributed by atoms with van der Waals surface area (Å²) in [5, 5.41) is 7.39. The van der Waals surface area contributed by atoms with Gasteiger partial charge in [0, 0.05) is 19.3 Å². The molecule has 1 N–H and O–H groups in total. The summed E-state index contributed by atoms with van der Waals surface area (Å²) in [6.07, 6.45) is 4.39. The molecule has 0 amide bonds. The Morgan fingerprint density at radius 2 is 2.11 bits per heavy atom. The van der Waals surface area contributed by atoms with Crippen molar-refractivity contribution in [2.75, 3.05) is 6.54 Å². The quantitative estimate of drug-likeness (QED) is 0.900. The second-order valence-electron chi connectivity index (χ2n) is 4.51. The van der Waals surface area contributed by atoms with E-state index in [0.29, 0.717) is 6.42 Å². The third kappa shape index (κ3) is 3.38. The predicted molar refractivity (Wildman–Crippen MR) is 69.7 cm³/mol. The number of nitrogens with one attached hydrogen (secondary N) is 1. The van der Waals surface area contributed by atoms with E-state index in [-0.39, 0.29) is 6.04 Å². The van der Waals surface area contributed by atoms with Gasteiger partial charge in [-0.2, -0.15) is 5.10 Å². The first-order valence-electron chi connectivity index (χ1n) is 6.26. The summed E-state index contributed by atoms with van der Waals surface area (Å²) in [5.74, 6) is -1.63. The lowest BCUT2D eigenvalue weighted by molar-refractivity contribution is 0.497. The summed E-state index contributed by atoms with van der Waals surface area (Å²) >= 11 is 0. The zero-order chi connectivity index (χ0) is 13.8. The molecule has 5 heteroatoms. The van der Waals surface area contributed by atoms with Crippen molar-refractivity contribution in [1.29, 1.82) is 0 Å². The molecule has 0 bridgehead atoms. The number of nitrogens with zero attached hydrogens (tertiary/aromatic N) is 2. The first kappa shape index (κ1) is 13.7. The molecule has 1 aromatic heterocycles. The zero-order valence-electron chi connectivity index (χ0n) is 11.0. The van der Waals surface area contributed by atoms with Crippen LogP contribution in [0.1, 0.15) is 24.1 Å². The van der Waals surface area contributed by atoms with Gasteiger partial charge in [0.1, 0.15) is 0 Å². The minimum atomic E-state index is -0.819. The van der Waals surface area contributed by atoms with E-state index in [9.17, 15) is 8.78 Å². The zero-order valence-corrected chi connectivity index (χ0v) is 11.0. The fourth-order valence-electron chi connectivity index (χ4n) is 2.10. The van der Waals surface area contributed by atoms with Gasteiger partial charge in [-0.25, -0.2) is 8.78 Å². The van der Waals surface area contributed by atoms with Gasteiger partial charge in [0.15, 0.2) is 11.6 Å². The van der Waals surface area contributed by atoms with Gasteiger partial charge in [0.2, 0.25) is 0 Å². The van der Waals surface area contributed by atoms with E-state index in [1.807, 2.05) is 20.2 Å². The normalized spacial score (nSPS) is 12.6. The lowest BCUT2D eigenvalue weighted by Gasteiger charge is -2.17. The molecule has 2 aromatic rings. The smallest absolute Gasteiger partial charge is 0.159 e. The number of hydrogen-bond acceptors (Lipinski definition) is 2. The third-order valence-electron chi connectivity index (χ3n) is 2.99. The van der Waals surface area contributed by atoms with Crippen LogP contribution in [0.15, 0.2) is 30.6 Å². The molecule has 1 atom stereocenters. The molecule has 0 fully saturated rings. The summed E-state index contributed by atoms with van der Waals surface area (Å²) in [5.41, 5.74) is 1.79. The van der Waals surface area contributed by atoms with Gasteiger partial charge in [-0.15, -0.1) is 0 Å². The minimum Gasteiger partial charge on any atom is -0.310 e. The Morgan fingerprint density at radius 1 is 1.32 bits per heavy atom. The van der Waals surface area contributed by atoms with Crippen molar-refractivity contribution < 1.29 is 8.78 Å². The van der Waals surface area contributed by atoms with Crippen LogP contribution in [0.5, 0.6) is 0 Å². The van der Waals surface area contributed by atoms with Crippen molar-refractivity contribution in [2.24, 2.45) is 7.05 Å². The molecule has 0 aliphatic rings. The highest BCUT2D eigenvalue weighted by atomic mass is 19.2. The molecule has 0 radical (unpaired) electrons. The topological polar surface area (TPSA) is 29.9 Å². The summed E-state index contributed by atoms with van der Waals surface area (Å²) in [7, 11) is 1.85. The lowest BCUT2D eigenvalue weighted by Crippen LogP contribution is -2.23. The highest BCUT2D eigenvalue weighted by Gasteiger charge is 2.14. The predicted octanol–water partition coefficient (Wildman–Crippen LogP) is 2.59. The lowest BCUT2D eigenvalue weighted by atomic mass is 10.0. The van der Waals surface area contributed by atoms with E-state index in [2.05, 4.69) is 10.4 Å². The average molecular weight is 265 g/mol. The van der Waals surface area contributed by atoms with Crippen LogP contribution in [0.2, 0.25) is 0 Å². The standard InChI is InChI=1S/C14H17F2N3/c1-3-17-14(6-10-8-18-19(2)9-10)11-4-5-12(15)13(16)7-11/h4-5,7-9,14,17H,3,6H2,1-2H3. The number of benzene rings is 1. The van der Waals surface area contributed by atoms with Crippen LogP contribution in [0.3, 0.4) is 0 Å². The number of aromatic nitrogens is 2. The number of rotatable bonds is 5. The molecule has 0 saturated carbocycles. The summed E-state index contributed by atoms with van der Waals surface area (Å²) in [6.45, 7) is 2.74. The maximum absolute atomic E-state index is 13.3. The third-order valence-corrected chi connectivity index (χ3v) is 2.99. The largest absolute Gasteiger partial charge is 0.310 e. The van der Waals surface area contributed by atoms with Crippen LogP contribution in [0.4, 0.5) is 8.78 Å². The SMILES string of the molecule is CCNC(Cc1cnn(C)c1)c1ccc(F)c(F)c1. The molecule has 0 aliphatic heterocycles. The van der Waals surface area contributed by atoms with Gasteiger partial charge >= 0.3 is 0 Å². The van der Waals surface area contributed by atoms with Crippen molar-refractivity contribution >= 4 is 0 Å². The van der Waals surface area contributed by atoms with E-state index in [1.165, 1.54) is 6.07 Å². The van der Waals surface area contributed by atoms with Gasteiger partial charge in [0.25, 0.3) is 0 Å². The Hall–Kier alpha value is -1.75. The summed E-state index contributed by atoms with van der Waals surface area (Å²) in [4.78, 5) is 0. The Kier molecular flexibility index (Phi) is 4.27. The molecular weight excluding hydrogens is 248 g/mol. The second-order valence-corrected chi connectivity index (χ2v) is 4.51. The van der Waals surface area contributed by atoms with Crippen LogP contribution in [0.25, 0.3) is 0 Å². The first-order valence-corrected chi connectivity index (χ1v) is 6.26. The Labute approximate surface area is 111 Å². The Bertz CT molecular complexity index is 551.